The fourth-order valence-corrected chi connectivity index (χ4v) is 3.39. The van der Waals surface area contributed by atoms with E-state index in [0.29, 0.717) is 21.3 Å². The summed E-state index contributed by atoms with van der Waals surface area (Å²) in [4.78, 5) is 43.4. The smallest absolute Gasteiger partial charge is 0.274 e. The van der Waals surface area contributed by atoms with Gasteiger partial charge >= 0.3 is 0 Å². The van der Waals surface area contributed by atoms with E-state index >= 15 is 0 Å². The summed E-state index contributed by atoms with van der Waals surface area (Å²) >= 11 is 12.2. The summed E-state index contributed by atoms with van der Waals surface area (Å²) in [6, 6.07) is 11.7. The molecule has 8 heteroatoms. The summed E-state index contributed by atoms with van der Waals surface area (Å²) in [6.07, 6.45) is 1.68. The van der Waals surface area contributed by atoms with Gasteiger partial charge in [-0.1, -0.05) is 48.3 Å². The highest BCUT2D eigenvalue weighted by Gasteiger charge is 2.19. The molecule has 6 nitrogen and oxygen atoms in total. The quantitative estimate of drug-likeness (QED) is 0.517. The first-order chi connectivity index (χ1) is 13.9. The van der Waals surface area contributed by atoms with Crippen molar-refractivity contribution in [2.45, 2.75) is 19.8 Å². The summed E-state index contributed by atoms with van der Waals surface area (Å²) in [7, 11) is 0. The number of halogens is 2. The van der Waals surface area contributed by atoms with Crippen molar-refractivity contribution in [1.29, 1.82) is 0 Å². The normalized spacial score (nSPS) is 10.6. The van der Waals surface area contributed by atoms with E-state index in [1.807, 2.05) is 0 Å². The van der Waals surface area contributed by atoms with Crippen molar-refractivity contribution in [3.8, 4) is 0 Å². The average molecular weight is 430 g/mol. The number of anilines is 1. The van der Waals surface area contributed by atoms with Crippen LogP contribution in [0.1, 0.15) is 50.2 Å². The third-order valence-electron chi connectivity index (χ3n) is 4.27. The van der Waals surface area contributed by atoms with Crippen molar-refractivity contribution in [3.63, 3.8) is 0 Å². The molecule has 0 bridgehead atoms. The van der Waals surface area contributed by atoms with Gasteiger partial charge in [0.25, 0.3) is 5.91 Å². The minimum atomic E-state index is -0.467. The fourth-order valence-electron chi connectivity index (χ4n) is 2.78. The third kappa shape index (κ3) is 4.72. The summed E-state index contributed by atoms with van der Waals surface area (Å²) in [5, 5.41) is 3.32. The molecule has 3 aromatic rings. The second-order valence-electron chi connectivity index (χ2n) is 6.25. The zero-order valence-corrected chi connectivity index (χ0v) is 17.0. The van der Waals surface area contributed by atoms with Crippen molar-refractivity contribution in [2.24, 2.45) is 0 Å². The van der Waals surface area contributed by atoms with Crippen molar-refractivity contribution in [3.05, 3.63) is 81.4 Å². The molecule has 0 aliphatic heterocycles. The average Bonchev–Trinajstić information content (AvgIpc) is 3.19. The van der Waals surface area contributed by atoms with Gasteiger partial charge in [-0.25, -0.2) is 4.98 Å². The third-order valence-corrected chi connectivity index (χ3v) is 4.90. The predicted molar refractivity (Wildman–Crippen MR) is 112 cm³/mol. The number of aromatic amines is 1. The number of imidazole rings is 1. The van der Waals surface area contributed by atoms with Gasteiger partial charge in [0.1, 0.15) is 11.4 Å². The van der Waals surface area contributed by atoms with E-state index in [9.17, 15) is 14.4 Å². The van der Waals surface area contributed by atoms with Gasteiger partial charge in [-0.15, -0.1) is 0 Å². The second-order valence-corrected chi connectivity index (χ2v) is 7.06. The van der Waals surface area contributed by atoms with Crippen molar-refractivity contribution in [2.75, 3.05) is 5.32 Å². The van der Waals surface area contributed by atoms with Gasteiger partial charge in [0, 0.05) is 18.5 Å². The number of benzene rings is 2. The number of amides is 1. The van der Waals surface area contributed by atoms with Crippen LogP contribution in [0.25, 0.3) is 0 Å². The number of aromatic nitrogens is 2. The van der Waals surface area contributed by atoms with Crippen LogP contribution in [0.15, 0.2) is 48.8 Å². The molecule has 0 atom stereocenters. The maximum atomic E-state index is 12.5. The molecule has 1 heterocycles. The molecule has 0 unspecified atom stereocenters. The minimum Gasteiger partial charge on any atom is -0.340 e. The van der Waals surface area contributed by atoms with Gasteiger partial charge in [0.2, 0.25) is 0 Å². The molecule has 1 amide bonds. The molecule has 2 aromatic carbocycles. The Bertz CT molecular complexity index is 1050. The van der Waals surface area contributed by atoms with Crippen LogP contribution >= 0.6 is 23.2 Å². The molecule has 0 fully saturated rings. The standard InChI is InChI=1S/C21H17Cl2N3O3/c1-2-16(27)19-20(25-11-24-19)21(29)26-13-8-6-12(7-9-13)10-17(28)18-14(22)4-3-5-15(18)23/h3-9,11H,2,10H2,1H3,(H,24,25)(H,26,29). The van der Waals surface area contributed by atoms with E-state index in [0.717, 1.165) is 5.56 Å². The molecule has 2 N–H and O–H groups in total. The van der Waals surface area contributed by atoms with Crippen molar-refractivity contribution < 1.29 is 14.4 Å². The molecular weight excluding hydrogens is 413 g/mol. The number of nitrogens with zero attached hydrogens (tertiary/aromatic N) is 1. The first-order valence-electron chi connectivity index (χ1n) is 8.84. The monoisotopic (exact) mass is 429 g/mol. The minimum absolute atomic E-state index is 0.115. The first kappa shape index (κ1) is 20.8. The summed E-state index contributed by atoms with van der Waals surface area (Å²) in [5.74, 6) is -0.882. The van der Waals surface area contributed by atoms with Gasteiger partial charge in [-0.05, 0) is 29.8 Å². The highest BCUT2D eigenvalue weighted by atomic mass is 35.5. The Kier molecular flexibility index (Phi) is 6.46. The molecule has 0 radical (unpaired) electrons. The lowest BCUT2D eigenvalue weighted by Crippen LogP contribution is -2.16. The molecule has 0 saturated heterocycles. The number of Topliss-reactive ketones (excluding diaryl/α,β-unsaturated/α-hetero) is 2. The van der Waals surface area contributed by atoms with Gasteiger partial charge in [-0.3, -0.25) is 14.4 Å². The lowest BCUT2D eigenvalue weighted by molar-refractivity contribution is 0.0963. The van der Waals surface area contributed by atoms with Crippen LogP contribution in [0.4, 0.5) is 5.69 Å². The predicted octanol–water partition coefficient (Wildman–Crippen LogP) is 4.99. The van der Waals surface area contributed by atoms with Gasteiger partial charge in [0.05, 0.1) is 21.9 Å². The molecule has 0 spiro atoms. The summed E-state index contributed by atoms with van der Waals surface area (Å²) < 4.78 is 0. The summed E-state index contributed by atoms with van der Waals surface area (Å²) in [6.45, 7) is 1.70. The Hall–Kier alpha value is -2.96. The number of ketones is 2. The van der Waals surface area contributed by atoms with Crippen molar-refractivity contribution >= 4 is 46.4 Å². The molecule has 29 heavy (non-hydrogen) atoms. The Balaban J connectivity index is 1.69. The summed E-state index contributed by atoms with van der Waals surface area (Å²) in [5.41, 5.74) is 1.78. The van der Waals surface area contributed by atoms with Gasteiger partial charge in [0.15, 0.2) is 11.6 Å². The molecule has 0 saturated carbocycles. The van der Waals surface area contributed by atoms with E-state index in [1.54, 1.807) is 49.4 Å². The van der Waals surface area contributed by atoms with Crippen LogP contribution in [0.3, 0.4) is 0 Å². The van der Waals surface area contributed by atoms with E-state index in [-0.39, 0.29) is 35.8 Å². The van der Waals surface area contributed by atoms with E-state index < -0.39 is 5.91 Å². The fraction of sp³-hybridized carbons (Fsp3) is 0.143. The molecule has 0 aliphatic rings. The number of hydrogen-bond acceptors (Lipinski definition) is 4. The molecule has 3 rings (SSSR count). The Labute approximate surface area is 177 Å². The topological polar surface area (TPSA) is 91.9 Å². The first-order valence-corrected chi connectivity index (χ1v) is 9.60. The van der Waals surface area contributed by atoms with E-state index in [1.165, 1.54) is 6.33 Å². The second kappa shape index (κ2) is 9.03. The molecule has 148 valence electrons. The van der Waals surface area contributed by atoms with Crippen LogP contribution < -0.4 is 5.32 Å². The molecule has 0 aliphatic carbocycles. The number of rotatable bonds is 7. The van der Waals surface area contributed by atoms with Gasteiger partial charge < -0.3 is 10.3 Å². The van der Waals surface area contributed by atoms with E-state index in [2.05, 4.69) is 15.3 Å². The van der Waals surface area contributed by atoms with Crippen LogP contribution in [0.5, 0.6) is 0 Å². The number of carbonyl (C=O) groups excluding carboxylic acids is 3. The highest BCUT2D eigenvalue weighted by molar-refractivity contribution is 6.39. The Morgan fingerprint density at radius 1 is 1.00 bits per heavy atom. The number of hydrogen-bond donors (Lipinski definition) is 2. The zero-order chi connectivity index (χ0) is 21.0. The SMILES string of the molecule is CCC(=O)c1nc[nH]c1C(=O)Nc1ccc(CC(=O)c2c(Cl)cccc2Cl)cc1. The largest absolute Gasteiger partial charge is 0.340 e. The lowest BCUT2D eigenvalue weighted by atomic mass is 10.0. The highest BCUT2D eigenvalue weighted by Crippen LogP contribution is 2.26. The van der Waals surface area contributed by atoms with Gasteiger partial charge in [-0.2, -0.15) is 0 Å². The Morgan fingerprint density at radius 2 is 1.66 bits per heavy atom. The molecule has 1 aromatic heterocycles. The lowest BCUT2D eigenvalue weighted by Gasteiger charge is -2.08. The maximum absolute atomic E-state index is 12.5. The molecular formula is C21H17Cl2N3O3. The van der Waals surface area contributed by atoms with Crippen molar-refractivity contribution in [1.82, 2.24) is 9.97 Å². The van der Waals surface area contributed by atoms with E-state index in [4.69, 9.17) is 23.2 Å². The number of nitrogens with one attached hydrogen (secondary N) is 2. The van der Waals surface area contributed by atoms with Crippen LogP contribution in [-0.2, 0) is 6.42 Å². The Morgan fingerprint density at radius 3 is 2.28 bits per heavy atom. The van der Waals surface area contributed by atoms with Crippen LogP contribution in [-0.4, -0.2) is 27.4 Å². The number of H-pyrrole nitrogens is 1. The zero-order valence-electron chi connectivity index (χ0n) is 15.5. The number of carbonyl (C=O) groups is 3. The maximum Gasteiger partial charge on any atom is 0.274 e. The van der Waals surface area contributed by atoms with Crippen LogP contribution in [0.2, 0.25) is 10.0 Å². The van der Waals surface area contributed by atoms with Crippen LogP contribution in [0, 0.1) is 0 Å².